The van der Waals surface area contributed by atoms with Gasteiger partial charge in [-0.15, -0.1) is 0 Å². The third kappa shape index (κ3) is 1.87. The number of ether oxygens (including phenoxy) is 1. The van der Waals surface area contributed by atoms with E-state index in [1.54, 1.807) is 7.11 Å². The second-order valence-electron chi connectivity index (χ2n) is 4.35. The van der Waals surface area contributed by atoms with Crippen molar-refractivity contribution in [1.29, 1.82) is 0 Å². The van der Waals surface area contributed by atoms with Crippen molar-refractivity contribution in [3.63, 3.8) is 0 Å². The van der Waals surface area contributed by atoms with Crippen LogP contribution in [0.1, 0.15) is 18.4 Å². The molecule has 0 fully saturated rings. The maximum Gasteiger partial charge on any atom is 0.142 e. The van der Waals surface area contributed by atoms with Crippen LogP contribution in [0, 0.1) is 0 Å². The van der Waals surface area contributed by atoms with Crippen molar-refractivity contribution in [1.82, 2.24) is 0 Å². The van der Waals surface area contributed by atoms with E-state index < -0.39 is 0 Å². The standard InChI is InChI=1S/C13H20N2O/c1-15-11(8-9-14)7-6-10-4-3-5-12(16-2)13(10)15/h3-5,11H,6-9,14H2,1-2H3. The van der Waals surface area contributed by atoms with E-state index in [0.29, 0.717) is 6.04 Å². The van der Waals surface area contributed by atoms with Crippen molar-refractivity contribution in [3.05, 3.63) is 23.8 Å². The molecule has 0 saturated carbocycles. The molecule has 1 aromatic carbocycles. The van der Waals surface area contributed by atoms with Gasteiger partial charge in [-0.25, -0.2) is 0 Å². The molecule has 1 heterocycles. The lowest BCUT2D eigenvalue weighted by Crippen LogP contribution is -2.37. The Kier molecular flexibility index (Phi) is 3.34. The van der Waals surface area contributed by atoms with Crippen LogP contribution in [-0.2, 0) is 6.42 Å². The molecule has 88 valence electrons. The van der Waals surface area contributed by atoms with E-state index >= 15 is 0 Å². The van der Waals surface area contributed by atoms with E-state index in [0.717, 1.165) is 25.1 Å². The number of nitrogens with zero attached hydrogens (tertiary/aromatic N) is 1. The molecule has 0 bridgehead atoms. The van der Waals surface area contributed by atoms with Gasteiger partial charge in [-0.2, -0.15) is 0 Å². The van der Waals surface area contributed by atoms with Crippen molar-refractivity contribution in [2.45, 2.75) is 25.3 Å². The fraction of sp³-hybridized carbons (Fsp3) is 0.538. The first kappa shape index (κ1) is 11.3. The molecule has 1 unspecified atom stereocenters. The van der Waals surface area contributed by atoms with Crippen LogP contribution >= 0.6 is 0 Å². The highest BCUT2D eigenvalue weighted by atomic mass is 16.5. The number of methoxy groups -OCH3 is 1. The molecule has 0 radical (unpaired) electrons. The third-order valence-corrected chi connectivity index (χ3v) is 3.45. The molecule has 0 amide bonds. The van der Waals surface area contributed by atoms with Gasteiger partial charge in [0.2, 0.25) is 0 Å². The highest BCUT2D eigenvalue weighted by Gasteiger charge is 2.25. The first-order chi connectivity index (χ1) is 7.77. The summed E-state index contributed by atoms with van der Waals surface area (Å²) in [6, 6.07) is 6.83. The second kappa shape index (κ2) is 4.74. The molecule has 1 aliphatic rings. The average molecular weight is 220 g/mol. The van der Waals surface area contributed by atoms with Gasteiger partial charge in [0.1, 0.15) is 5.75 Å². The van der Waals surface area contributed by atoms with Crippen LogP contribution in [0.15, 0.2) is 18.2 Å². The van der Waals surface area contributed by atoms with Gasteiger partial charge in [0.15, 0.2) is 0 Å². The Hall–Kier alpha value is -1.22. The molecule has 0 spiro atoms. The molecule has 3 nitrogen and oxygen atoms in total. The Morgan fingerprint density at radius 2 is 2.31 bits per heavy atom. The van der Waals surface area contributed by atoms with Crippen molar-refractivity contribution >= 4 is 5.69 Å². The fourth-order valence-electron chi connectivity index (χ4n) is 2.56. The molecule has 1 atom stereocenters. The van der Waals surface area contributed by atoms with Gasteiger partial charge in [0, 0.05) is 13.1 Å². The molecule has 1 aliphatic heterocycles. The zero-order chi connectivity index (χ0) is 11.5. The zero-order valence-electron chi connectivity index (χ0n) is 10.1. The predicted molar refractivity (Wildman–Crippen MR) is 67.2 cm³/mol. The van der Waals surface area contributed by atoms with Crippen LogP contribution in [0.3, 0.4) is 0 Å². The van der Waals surface area contributed by atoms with Crippen molar-refractivity contribution < 1.29 is 4.74 Å². The SMILES string of the molecule is COc1cccc2c1N(C)C(CCN)CC2. The minimum absolute atomic E-state index is 0.550. The van der Waals surface area contributed by atoms with Gasteiger partial charge in [-0.1, -0.05) is 12.1 Å². The lowest BCUT2D eigenvalue weighted by atomic mass is 9.94. The normalized spacial score (nSPS) is 19.4. The number of nitrogens with two attached hydrogens (primary N) is 1. The largest absolute Gasteiger partial charge is 0.495 e. The Morgan fingerprint density at radius 3 is 3.00 bits per heavy atom. The van der Waals surface area contributed by atoms with Gasteiger partial charge in [-0.3, -0.25) is 0 Å². The molecule has 2 N–H and O–H groups in total. The molecule has 1 aromatic rings. The summed E-state index contributed by atoms with van der Waals surface area (Å²) in [5.41, 5.74) is 8.28. The quantitative estimate of drug-likeness (QED) is 0.844. The summed E-state index contributed by atoms with van der Waals surface area (Å²) in [6.45, 7) is 0.749. The van der Waals surface area contributed by atoms with Crippen LogP contribution in [0.5, 0.6) is 5.75 Å². The minimum atomic E-state index is 0.550. The van der Waals surface area contributed by atoms with E-state index in [4.69, 9.17) is 10.5 Å². The van der Waals surface area contributed by atoms with E-state index in [9.17, 15) is 0 Å². The number of aryl methyl sites for hydroxylation is 1. The van der Waals surface area contributed by atoms with Gasteiger partial charge < -0.3 is 15.4 Å². The summed E-state index contributed by atoms with van der Waals surface area (Å²) in [5, 5.41) is 0. The van der Waals surface area contributed by atoms with Crippen LogP contribution in [0.2, 0.25) is 0 Å². The van der Waals surface area contributed by atoms with Gasteiger partial charge in [-0.05, 0) is 37.4 Å². The first-order valence-corrected chi connectivity index (χ1v) is 5.86. The van der Waals surface area contributed by atoms with Crippen molar-refractivity contribution in [2.75, 3.05) is 25.6 Å². The molecular formula is C13H20N2O. The molecule has 0 aromatic heterocycles. The summed E-state index contributed by atoms with van der Waals surface area (Å²) < 4.78 is 5.44. The highest BCUT2D eigenvalue weighted by Crippen LogP contribution is 2.37. The average Bonchev–Trinajstić information content (AvgIpc) is 2.32. The monoisotopic (exact) mass is 220 g/mol. The second-order valence-corrected chi connectivity index (χ2v) is 4.35. The minimum Gasteiger partial charge on any atom is -0.495 e. The molecule has 3 heteroatoms. The number of para-hydroxylation sites is 1. The molecule has 0 aliphatic carbocycles. The van der Waals surface area contributed by atoms with E-state index in [-0.39, 0.29) is 0 Å². The third-order valence-electron chi connectivity index (χ3n) is 3.45. The van der Waals surface area contributed by atoms with E-state index in [2.05, 4.69) is 24.1 Å². The number of fused-ring (bicyclic) bond motifs is 1. The van der Waals surface area contributed by atoms with Gasteiger partial charge in [0.25, 0.3) is 0 Å². The fourth-order valence-corrected chi connectivity index (χ4v) is 2.56. The Morgan fingerprint density at radius 1 is 1.50 bits per heavy atom. The maximum atomic E-state index is 5.65. The smallest absolute Gasteiger partial charge is 0.142 e. The van der Waals surface area contributed by atoms with Gasteiger partial charge >= 0.3 is 0 Å². The Labute approximate surface area is 97.2 Å². The summed E-state index contributed by atoms with van der Waals surface area (Å²) in [5.74, 6) is 0.974. The number of hydrogen-bond acceptors (Lipinski definition) is 3. The van der Waals surface area contributed by atoms with Crippen LogP contribution in [0.4, 0.5) is 5.69 Å². The van der Waals surface area contributed by atoms with Crippen molar-refractivity contribution in [2.24, 2.45) is 5.73 Å². The highest BCUT2D eigenvalue weighted by molar-refractivity contribution is 5.65. The topological polar surface area (TPSA) is 38.5 Å². The van der Waals surface area contributed by atoms with Crippen LogP contribution in [0.25, 0.3) is 0 Å². The van der Waals surface area contributed by atoms with E-state index in [1.807, 2.05) is 6.07 Å². The van der Waals surface area contributed by atoms with Crippen LogP contribution in [-0.4, -0.2) is 26.7 Å². The summed E-state index contributed by atoms with van der Waals surface area (Å²) in [4.78, 5) is 2.32. The zero-order valence-corrected chi connectivity index (χ0v) is 10.1. The lowest BCUT2D eigenvalue weighted by molar-refractivity contribution is 0.408. The Balaban J connectivity index is 2.34. The molecular weight excluding hydrogens is 200 g/mol. The molecule has 0 saturated heterocycles. The predicted octanol–water partition coefficient (Wildman–Crippen LogP) is 1.79. The van der Waals surface area contributed by atoms with E-state index in [1.165, 1.54) is 17.7 Å². The maximum absolute atomic E-state index is 5.65. The molecule has 2 rings (SSSR count). The van der Waals surface area contributed by atoms with Gasteiger partial charge in [0.05, 0.1) is 12.8 Å². The summed E-state index contributed by atoms with van der Waals surface area (Å²) >= 11 is 0. The number of hydrogen-bond donors (Lipinski definition) is 1. The number of rotatable bonds is 3. The first-order valence-electron chi connectivity index (χ1n) is 5.86. The van der Waals surface area contributed by atoms with Crippen LogP contribution < -0.4 is 15.4 Å². The number of benzene rings is 1. The van der Waals surface area contributed by atoms with Crippen molar-refractivity contribution in [3.8, 4) is 5.75 Å². The Bertz CT molecular complexity index is 351. The number of anilines is 1. The lowest BCUT2D eigenvalue weighted by Gasteiger charge is -2.36. The summed E-state index contributed by atoms with van der Waals surface area (Å²) in [6.07, 6.45) is 3.36. The molecule has 16 heavy (non-hydrogen) atoms. The summed E-state index contributed by atoms with van der Waals surface area (Å²) in [7, 11) is 3.87.